The molecule has 1 amide bonds. The largest absolute Gasteiger partial charge is 0.491 e. The van der Waals surface area contributed by atoms with Crippen molar-refractivity contribution in [1.29, 1.82) is 0 Å². The van der Waals surface area contributed by atoms with Crippen LogP contribution in [0.1, 0.15) is 25.3 Å². The van der Waals surface area contributed by atoms with Gasteiger partial charge in [-0.05, 0) is 30.2 Å². The number of carboxylic acids is 1. The van der Waals surface area contributed by atoms with Gasteiger partial charge in [0.2, 0.25) is 5.91 Å². The number of carboxylic acid groups (broad SMARTS) is 1. The Morgan fingerprint density at radius 2 is 2.33 bits per heavy atom. The molecule has 128 valence electrons. The molecule has 7 nitrogen and oxygen atoms in total. The van der Waals surface area contributed by atoms with Gasteiger partial charge in [0.25, 0.3) is 0 Å². The van der Waals surface area contributed by atoms with E-state index in [0.29, 0.717) is 12.2 Å². The number of benzene rings is 1. The van der Waals surface area contributed by atoms with Crippen LogP contribution < -0.4 is 10.1 Å². The summed E-state index contributed by atoms with van der Waals surface area (Å²) in [6, 6.07) is 4.40. The minimum Gasteiger partial charge on any atom is -0.491 e. The number of rotatable bonds is 7. The topological polar surface area (TPSA) is 100 Å². The lowest BCUT2D eigenvalue weighted by molar-refractivity contribution is -0.138. The molecule has 0 radical (unpaired) electrons. The molecule has 1 atom stereocenters. The number of hydrogen-bond donors (Lipinski definition) is 2. The van der Waals surface area contributed by atoms with Crippen LogP contribution in [0.15, 0.2) is 28.4 Å². The second-order valence-corrected chi connectivity index (χ2v) is 6.07. The van der Waals surface area contributed by atoms with E-state index in [1.165, 1.54) is 18.3 Å². The standard InChI is InChI=1S/C15H16FN3O4S/c1-2-5-23-11-4-3-9(6-10(11)16)8-17-19-15-18-14(22)12(24-15)7-13(20)21/h3-4,6,8,12H,2,5,7H2,1H3,(H,20,21)(H,18,19,22). The number of carbonyl (C=O) groups is 2. The molecule has 0 aromatic heterocycles. The van der Waals surface area contributed by atoms with Gasteiger partial charge in [-0.15, -0.1) is 5.10 Å². The van der Waals surface area contributed by atoms with E-state index in [4.69, 9.17) is 9.84 Å². The zero-order valence-corrected chi connectivity index (χ0v) is 13.7. The van der Waals surface area contributed by atoms with E-state index in [2.05, 4.69) is 15.5 Å². The fourth-order valence-corrected chi connectivity index (χ4v) is 2.73. The third-order valence-electron chi connectivity index (χ3n) is 2.91. The molecule has 2 N–H and O–H groups in total. The summed E-state index contributed by atoms with van der Waals surface area (Å²) in [6.07, 6.45) is 1.83. The summed E-state index contributed by atoms with van der Waals surface area (Å²) < 4.78 is 19.0. The Morgan fingerprint density at radius 1 is 1.54 bits per heavy atom. The van der Waals surface area contributed by atoms with Crippen LogP contribution in [0.2, 0.25) is 0 Å². The lowest BCUT2D eigenvalue weighted by Crippen LogP contribution is -2.26. The van der Waals surface area contributed by atoms with E-state index in [9.17, 15) is 14.0 Å². The Bertz CT molecular complexity index is 693. The van der Waals surface area contributed by atoms with Crippen LogP contribution >= 0.6 is 11.8 Å². The van der Waals surface area contributed by atoms with Crippen LogP contribution in [0.25, 0.3) is 0 Å². The van der Waals surface area contributed by atoms with Crippen molar-refractivity contribution in [3.05, 3.63) is 29.6 Å². The van der Waals surface area contributed by atoms with Crippen molar-refractivity contribution in [2.24, 2.45) is 10.2 Å². The summed E-state index contributed by atoms with van der Waals surface area (Å²) in [5.74, 6) is -1.80. The molecule has 24 heavy (non-hydrogen) atoms. The highest BCUT2D eigenvalue weighted by atomic mass is 32.2. The molecule has 1 aromatic carbocycles. The van der Waals surface area contributed by atoms with Crippen molar-refractivity contribution >= 4 is 35.0 Å². The Morgan fingerprint density at radius 3 is 3.00 bits per heavy atom. The normalized spacial score (nSPS) is 19.0. The van der Waals surface area contributed by atoms with Gasteiger partial charge in [0.05, 0.1) is 19.2 Å². The lowest BCUT2D eigenvalue weighted by atomic mass is 10.2. The summed E-state index contributed by atoms with van der Waals surface area (Å²) in [4.78, 5) is 22.2. The smallest absolute Gasteiger partial charge is 0.305 e. The summed E-state index contributed by atoms with van der Waals surface area (Å²) >= 11 is 0.998. The minimum absolute atomic E-state index is 0.176. The van der Waals surface area contributed by atoms with Crippen molar-refractivity contribution in [2.75, 3.05) is 6.61 Å². The van der Waals surface area contributed by atoms with Crippen molar-refractivity contribution in [2.45, 2.75) is 25.0 Å². The van der Waals surface area contributed by atoms with Crippen molar-refractivity contribution in [1.82, 2.24) is 5.32 Å². The van der Waals surface area contributed by atoms with Crippen molar-refractivity contribution < 1.29 is 23.8 Å². The van der Waals surface area contributed by atoms with Gasteiger partial charge in [0.15, 0.2) is 16.7 Å². The quantitative estimate of drug-likeness (QED) is 0.577. The van der Waals surface area contributed by atoms with E-state index in [-0.39, 0.29) is 17.3 Å². The van der Waals surface area contributed by atoms with Crippen LogP contribution in [0.3, 0.4) is 0 Å². The summed E-state index contributed by atoms with van der Waals surface area (Å²) in [5.41, 5.74) is 0.483. The monoisotopic (exact) mass is 353 g/mol. The van der Waals surface area contributed by atoms with Crippen molar-refractivity contribution in [3.8, 4) is 5.75 Å². The van der Waals surface area contributed by atoms with Crippen LogP contribution in [0.5, 0.6) is 5.75 Å². The SMILES string of the molecule is CCCOc1ccc(C=NN=C2NC(=O)C(CC(=O)O)S2)cc1F. The lowest BCUT2D eigenvalue weighted by Gasteiger charge is -2.05. The maximum absolute atomic E-state index is 13.8. The fraction of sp³-hybridized carbons (Fsp3) is 0.333. The van der Waals surface area contributed by atoms with Gasteiger partial charge in [-0.3, -0.25) is 9.59 Å². The molecule has 1 fully saturated rings. The molecular weight excluding hydrogens is 337 g/mol. The summed E-state index contributed by atoms with van der Waals surface area (Å²) in [5, 5.41) is 18.2. The maximum atomic E-state index is 13.8. The van der Waals surface area contributed by atoms with Crippen molar-refractivity contribution in [3.63, 3.8) is 0 Å². The van der Waals surface area contributed by atoms with Gasteiger partial charge in [0.1, 0.15) is 5.25 Å². The molecule has 0 bridgehead atoms. The molecule has 0 aliphatic carbocycles. The number of hydrogen-bond acceptors (Lipinski definition) is 6. The van der Waals surface area contributed by atoms with E-state index >= 15 is 0 Å². The first kappa shape index (κ1) is 17.9. The molecule has 0 saturated carbocycles. The number of nitrogens with one attached hydrogen (secondary N) is 1. The second-order valence-electron chi connectivity index (χ2n) is 4.88. The van der Waals surface area contributed by atoms with Gasteiger partial charge in [-0.25, -0.2) is 4.39 Å². The molecule has 1 unspecified atom stereocenters. The highest BCUT2D eigenvalue weighted by Gasteiger charge is 2.32. The first-order valence-corrected chi connectivity index (χ1v) is 8.10. The molecule has 2 rings (SSSR count). The minimum atomic E-state index is -1.06. The van der Waals surface area contributed by atoms with E-state index in [1.807, 2.05) is 6.92 Å². The molecule has 1 aliphatic heterocycles. The number of ether oxygens (including phenoxy) is 1. The molecule has 1 heterocycles. The van der Waals surface area contributed by atoms with Gasteiger partial charge in [0, 0.05) is 0 Å². The number of nitrogens with zero attached hydrogens (tertiary/aromatic N) is 2. The van der Waals surface area contributed by atoms with Gasteiger partial charge < -0.3 is 15.2 Å². The first-order chi connectivity index (χ1) is 11.5. The zero-order chi connectivity index (χ0) is 17.5. The number of halogens is 1. The first-order valence-electron chi connectivity index (χ1n) is 7.22. The van der Waals surface area contributed by atoms with Gasteiger partial charge in [-0.1, -0.05) is 18.7 Å². The molecule has 9 heteroatoms. The third kappa shape index (κ3) is 5.05. The van der Waals surface area contributed by atoms with Crippen LogP contribution in [-0.4, -0.2) is 40.2 Å². The Labute approximate surface area is 142 Å². The third-order valence-corrected chi connectivity index (χ3v) is 3.98. The average Bonchev–Trinajstić information content (AvgIpc) is 2.85. The Balaban J connectivity index is 1.97. The van der Waals surface area contributed by atoms with E-state index in [0.717, 1.165) is 18.2 Å². The predicted molar refractivity (Wildman–Crippen MR) is 89.0 cm³/mol. The molecule has 1 aliphatic rings. The van der Waals surface area contributed by atoms with Gasteiger partial charge in [-0.2, -0.15) is 5.10 Å². The average molecular weight is 353 g/mol. The predicted octanol–water partition coefficient (Wildman–Crippen LogP) is 2.01. The van der Waals surface area contributed by atoms with Gasteiger partial charge >= 0.3 is 5.97 Å². The zero-order valence-electron chi connectivity index (χ0n) is 12.9. The molecular formula is C15H16FN3O4S. The van der Waals surface area contributed by atoms with E-state index in [1.54, 1.807) is 6.07 Å². The highest BCUT2D eigenvalue weighted by molar-refractivity contribution is 8.15. The number of aliphatic carboxylic acids is 1. The molecule has 0 spiro atoms. The molecule has 1 aromatic rings. The summed E-state index contributed by atoms with van der Waals surface area (Å²) in [7, 11) is 0. The number of thioether (sulfide) groups is 1. The number of amides is 1. The fourth-order valence-electron chi connectivity index (χ4n) is 1.82. The second kappa shape index (κ2) is 8.44. The van der Waals surface area contributed by atoms with E-state index < -0.39 is 22.9 Å². The Kier molecular flexibility index (Phi) is 6.30. The maximum Gasteiger partial charge on any atom is 0.305 e. The number of amidine groups is 1. The van der Waals surface area contributed by atoms with Crippen LogP contribution in [0, 0.1) is 5.82 Å². The highest BCUT2D eigenvalue weighted by Crippen LogP contribution is 2.22. The van der Waals surface area contributed by atoms with Crippen LogP contribution in [0.4, 0.5) is 4.39 Å². The molecule has 1 saturated heterocycles. The van der Waals surface area contributed by atoms with Crippen LogP contribution in [-0.2, 0) is 9.59 Å². The number of carbonyl (C=O) groups excluding carboxylic acids is 1. The Hall–Kier alpha value is -2.42. The summed E-state index contributed by atoms with van der Waals surface area (Å²) in [6.45, 7) is 2.37.